The Morgan fingerprint density at radius 3 is 2.50 bits per heavy atom. The number of amides is 1. The second kappa shape index (κ2) is 8.44. The molecule has 1 amide bonds. The first kappa shape index (κ1) is 15.3. The molecule has 0 aromatic heterocycles. The molecule has 0 aliphatic heterocycles. The molecule has 0 rings (SSSR count). The molecule has 0 aromatic rings. The molecule has 94 valence electrons. The molecule has 0 radical (unpaired) electrons. The Morgan fingerprint density at radius 1 is 1.44 bits per heavy atom. The molecule has 5 heteroatoms. The lowest BCUT2D eigenvalue weighted by atomic mass is 10.1. The summed E-state index contributed by atoms with van der Waals surface area (Å²) in [6.45, 7) is 3.81. The minimum Gasteiger partial charge on any atom is -0.480 e. The van der Waals surface area contributed by atoms with E-state index in [1.54, 1.807) is 11.8 Å². The molecule has 2 N–H and O–H groups in total. The topological polar surface area (TPSA) is 66.4 Å². The smallest absolute Gasteiger partial charge is 0.326 e. The molecule has 2 atom stereocenters. The Balaban J connectivity index is 4.17. The second-order valence-corrected chi connectivity index (χ2v) is 4.81. The highest BCUT2D eigenvalue weighted by Gasteiger charge is 2.21. The van der Waals surface area contributed by atoms with E-state index in [0.717, 1.165) is 12.8 Å². The van der Waals surface area contributed by atoms with Crippen LogP contribution in [0.15, 0.2) is 0 Å². The summed E-state index contributed by atoms with van der Waals surface area (Å²) < 4.78 is 0. The van der Waals surface area contributed by atoms with Crippen LogP contribution < -0.4 is 5.32 Å². The normalized spacial score (nSPS) is 14.2. The van der Waals surface area contributed by atoms with Gasteiger partial charge in [-0.25, -0.2) is 4.79 Å². The number of thioether (sulfide) groups is 1. The number of carboxylic acids is 1. The zero-order chi connectivity index (χ0) is 12.6. The van der Waals surface area contributed by atoms with Crippen molar-refractivity contribution < 1.29 is 14.7 Å². The molecular formula is C11H21NO3S. The Kier molecular flexibility index (Phi) is 8.07. The predicted molar refractivity (Wildman–Crippen MR) is 66.6 cm³/mol. The summed E-state index contributed by atoms with van der Waals surface area (Å²) in [6, 6.07) is -0.739. The van der Waals surface area contributed by atoms with E-state index < -0.39 is 12.0 Å². The van der Waals surface area contributed by atoms with Gasteiger partial charge in [-0.2, -0.15) is 11.8 Å². The zero-order valence-electron chi connectivity index (χ0n) is 10.2. The summed E-state index contributed by atoms with van der Waals surface area (Å²) in [5, 5.41) is 11.5. The molecule has 1 unspecified atom stereocenters. The minimum atomic E-state index is -0.946. The van der Waals surface area contributed by atoms with E-state index in [2.05, 4.69) is 5.32 Å². The van der Waals surface area contributed by atoms with Crippen molar-refractivity contribution in [3.8, 4) is 0 Å². The predicted octanol–water partition coefficient (Wildman–Crippen LogP) is 1.75. The molecule has 0 fully saturated rings. The lowest BCUT2D eigenvalue weighted by Crippen LogP contribution is -2.43. The van der Waals surface area contributed by atoms with Crippen molar-refractivity contribution in [2.45, 2.75) is 39.2 Å². The van der Waals surface area contributed by atoms with E-state index in [4.69, 9.17) is 5.11 Å². The molecule has 0 aliphatic carbocycles. The standard InChI is InChI=1S/C11H21NO3S/c1-4-5-6-9(11(14)15)12-10(13)8(2)7-16-3/h8-9H,4-7H2,1-3H3,(H,12,13)(H,14,15)/t8?,9-/m0/s1. The van der Waals surface area contributed by atoms with Crippen LogP contribution in [0.3, 0.4) is 0 Å². The Morgan fingerprint density at radius 2 is 2.06 bits per heavy atom. The van der Waals surface area contributed by atoms with Crippen LogP contribution in [-0.4, -0.2) is 35.0 Å². The molecule has 0 heterocycles. The van der Waals surface area contributed by atoms with E-state index in [1.165, 1.54) is 0 Å². The van der Waals surface area contributed by atoms with Gasteiger partial charge in [0.2, 0.25) is 5.91 Å². The van der Waals surface area contributed by atoms with Crippen LogP contribution >= 0.6 is 11.8 Å². The van der Waals surface area contributed by atoms with Gasteiger partial charge in [0.25, 0.3) is 0 Å². The third-order valence-corrected chi connectivity index (χ3v) is 3.16. The highest BCUT2D eigenvalue weighted by atomic mass is 32.2. The lowest BCUT2D eigenvalue weighted by Gasteiger charge is -2.17. The van der Waals surface area contributed by atoms with Crippen molar-refractivity contribution >= 4 is 23.6 Å². The highest BCUT2D eigenvalue weighted by Crippen LogP contribution is 2.07. The Hall–Kier alpha value is -0.710. The summed E-state index contributed by atoms with van der Waals surface area (Å²) in [5.41, 5.74) is 0. The first-order valence-corrected chi connectivity index (χ1v) is 6.94. The van der Waals surface area contributed by atoms with Gasteiger partial charge < -0.3 is 10.4 Å². The van der Waals surface area contributed by atoms with Gasteiger partial charge in [0.1, 0.15) is 6.04 Å². The van der Waals surface area contributed by atoms with Crippen molar-refractivity contribution in [3.05, 3.63) is 0 Å². The Bertz CT molecular complexity index is 233. The van der Waals surface area contributed by atoms with Crippen LogP contribution in [0, 0.1) is 5.92 Å². The number of unbranched alkanes of at least 4 members (excludes halogenated alkanes) is 1. The van der Waals surface area contributed by atoms with E-state index in [9.17, 15) is 9.59 Å². The van der Waals surface area contributed by atoms with Crippen LogP contribution in [0.4, 0.5) is 0 Å². The molecular weight excluding hydrogens is 226 g/mol. The van der Waals surface area contributed by atoms with E-state index >= 15 is 0 Å². The summed E-state index contributed by atoms with van der Waals surface area (Å²) in [5.74, 6) is -0.541. The van der Waals surface area contributed by atoms with E-state index in [0.29, 0.717) is 12.2 Å². The summed E-state index contributed by atoms with van der Waals surface area (Å²) in [4.78, 5) is 22.5. The van der Waals surface area contributed by atoms with Gasteiger partial charge >= 0.3 is 5.97 Å². The fourth-order valence-electron chi connectivity index (χ4n) is 1.31. The number of nitrogens with one attached hydrogen (secondary N) is 1. The summed E-state index contributed by atoms with van der Waals surface area (Å²) in [7, 11) is 0. The number of aliphatic carboxylic acids is 1. The third-order valence-electron chi connectivity index (χ3n) is 2.33. The number of hydrogen-bond acceptors (Lipinski definition) is 3. The zero-order valence-corrected chi connectivity index (χ0v) is 11.0. The summed E-state index contributed by atoms with van der Waals surface area (Å²) >= 11 is 1.58. The fraction of sp³-hybridized carbons (Fsp3) is 0.818. The van der Waals surface area contributed by atoms with E-state index in [1.807, 2.05) is 20.1 Å². The number of hydrogen-bond donors (Lipinski definition) is 2. The van der Waals surface area contributed by atoms with Gasteiger partial charge in [0.15, 0.2) is 0 Å². The molecule has 0 aromatic carbocycles. The van der Waals surface area contributed by atoms with Crippen molar-refractivity contribution in [2.75, 3.05) is 12.0 Å². The third kappa shape index (κ3) is 6.00. The SMILES string of the molecule is CCCC[C@H](NC(=O)C(C)CSC)C(=O)O. The number of carbonyl (C=O) groups is 2. The Labute approximate surface area is 101 Å². The van der Waals surface area contributed by atoms with Gasteiger partial charge in [-0.15, -0.1) is 0 Å². The largest absolute Gasteiger partial charge is 0.480 e. The number of carbonyl (C=O) groups excluding carboxylic acids is 1. The molecule has 0 bridgehead atoms. The molecule has 0 saturated heterocycles. The maximum absolute atomic E-state index is 11.6. The first-order chi connectivity index (χ1) is 7.52. The van der Waals surface area contributed by atoms with Crippen molar-refractivity contribution in [1.82, 2.24) is 5.32 Å². The van der Waals surface area contributed by atoms with Crippen LogP contribution in [0.25, 0.3) is 0 Å². The molecule has 0 saturated carbocycles. The maximum atomic E-state index is 11.6. The first-order valence-electron chi connectivity index (χ1n) is 5.55. The van der Waals surface area contributed by atoms with Crippen molar-refractivity contribution in [1.29, 1.82) is 0 Å². The van der Waals surface area contributed by atoms with Gasteiger partial charge in [-0.3, -0.25) is 4.79 Å². The average Bonchev–Trinajstić information content (AvgIpc) is 2.23. The van der Waals surface area contributed by atoms with Gasteiger partial charge in [0.05, 0.1) is 0 Å². The average molecular weight is 247 g/mol. The molecule has 0 spiro atoms. The van der Waals surface area contributed by atoms with Gasteiger partial charge in [-0.1, -0.05) is 26.7 Å². The van der Waals surface area contributed by atoms with Gasteiger partial charge in [-0.05, 0) is 12.7 Å². The lowest BCUT2D eigenvalue weighted by molar-refractivity contribution is -0.142. The minimum absolute atomic E-state index is 0.140. The van der Waals surface area contributed by atoms with Crippen molar-refractivity contribution in [2.24, 2.45) is 5.92 Å². The molecule has 16 heavy (non-hydrogen) atoms. The fourth-order valence-corrected chi connectivity index (χ4v) is 1.96. The van der Waals surface area contributed by atoms with Gasteiger partial charge in [0, 0.05) is 11.7 Å². The van der Waals surface area contributed by atoms with Crippen LogP contribution in [0.5, 0.6) is 0 Å². The highest BCUT2D eigenvalue weighted by molar-refractivity contribution is 7.98. The monoisotopic (exact) mass is 247 g/mol. The van der Waals surface area contributed by atoms with Crippen LogP contribution in [0.1, 0.15) is 33.1 Å². The van der Waals surface area contributed by atoms with E-state index in [-0.39, 0.29) is 11.8 Å². The number of carboxylic acid groups (broad SMARTS) is 1. The quantitative estimate of drug-likeness (QED) is 0.685. The van der Waals surface area contributed by atoms with Crippen LogP contribution in [-0.2, 0) is 9.59 Å². The van der Waals surface area contributed by atoms with Crippen LogP contribution in [0.2, 0.25) is 0 Å². The molecule has 4 nitrogen and oxygen atoms in total. The molecule has 0 aliphatic rings. The summed E-state index contributed by atoms with van der Waals surface area (Å²) in [6.07, 6.45) is 4.17. The number of rotatable bonds is 8. The second-order valence-electron chi connectivity index (χ2n) is 3.90. The van der Waals surface area contributed by atoms with Crippen molar-refractivity contribution in [3.63, 3.8) is 0 Å². The maximum Gasteiger partial charge on any atom is 0.326 e.